The maximum atomic E-state index is 14.3. The summed E-state index contributed by atoms with van der Waals surface area (Å²) in [5, 5.41) is 59.2. The molecule has 30 nitrogen and oxygen atoms in total. The van der Waals surface area contributed by atoms with Gasteiger partial charge in [0, 0.05) is 13.0 Å². The Kier molecular flexibility index (Phi) is 33.8. The third-order valence-electron chi connectivity index (χ3n) is 12.6. The first-order chi connectivity index (χ1) is 37.3. The van der Waals surface area contributed by atoms with Gasteiger partial charge < -0.3 is 102 Å². The van der Waals surface area contributed by atoms with Gasteiger partial charge in [-0.3, -0.25) is 52.7 Å². The van der Waals surface area contributed by atoms with Crippen molar-refractivity contribution in [3.63, 3.8) is 0 Å². The van der Waals surface area contributed by atoms with E-state index in [2.05, 4.69) is 58.5 Å². The smallest absolute Gasteiger partial charge is 0.245 e. The summed E-state index contributed by atoms with van der Waals surface area (Å²) in [6.45, 7) is 7.74. The van der Waals surface area contributed by atoms with Crippen molar-refractivity contribution in [3.05, 3.63) is 0 Å². The second kappa shape index (κ2) is 37.7. The number of hydrogen-bond acceptors (Lipinski definition) is 19. The molecule has 0 aromatic carbocycles. The normalized spacial score (nSPS) is 23.8. The highest BCUT2D eigenvalue weighted by Gasteiger charge is 2.38. The predicted octanol–water partition coefficient (Wildman–Crippen LogP) is -7.74. The number of nitrogens with two attached hydrogens (primary N) is 5. The van der Waals surface area contributed by atoms with Gasteiger partial charge in [0.2, 0.25) is 65.0 Å². The average Bonchev–Trinajstić information content (AvgIpc) is 3.37. The van der Waals surface area contributed by atoms with Crippen LogP contribution < -0.4 is 87.2 Å². The number of aliphatic hydroxyl groups is 3. The monoisotopic (exact) mass is 1130 g/mol. The fourth-order valence-corrected chi connectivity index (χ4v) is 8.17. The number of nitrogens with one attached hydrogen (secondary N) is 11. The molecule has 0 saturated carbocycles. The summed E-state index contributed by atoms with van der Waals surface area (Å²) in [4.78, 5) is 151. The predicted molar refractivity (Wildman–Crippen MR) is 289 cm³/mol. The molecule has 0 aliphatic carbocycles. The lowest BCUT2D eigenvalue weighted by molar-refractivity contribution is -0.137. The molecule has 1 fully saturated rings. The summed E-state index contributed by atoms with van der Waals surface area (Å²) < 4.78 is 0. The molecule has 0 aromatic heterocycles. The van der Waals surface area contributed by atoms with E-state index in [4.69, 9.17) is 28.7 Å². The molecule has 1 saturated heterocycles. The number of aliphatic hydroxyl groups excluding tert-OH is 3. The summed E-state index contributed by atoms with van der Waals surface area (Å²) in [6, 6.07) is -15.4. The zero-order valence-electron chi connectivity index (χ0n) is 46.5. The lowest BCUT2D eigenvalue weighted by Crippen LogP contribution is -2.62. The van der Waals surface area contributed by atoms with E-state index in [0.717, 1.165) is 19.3 Å². The quantitative estimate of drug-likeness (QED) is 0.0340. The minimum Gasteiger partial charge on any atom is -0.391 e. The Bertz CT molecular complexity index is 2000. The fraction of sp³-hybridized carbons (Fsp3) is 0.776. The number of hydrogen-bond donors (Lipinski definition) is 19. The first-order valence-electron chi connectivity index (χ1n) is 27.2. The van der Waals surface area contributed by atoms with E-state index in [1.807, 2.05) is 6.92 Å². The molecule has 13 atom stereocenters. The van der Waals surface area contributed by atoms with Gasteiger partial charge >= 0.3 is 0 Å². The molecule has 0 aromatic rings. The van der Waals surface area contributed by atoms with E-state index in [1.54, 1.807) is 13.8 Å². The molecule has 0 unspecified atom stereocenters. The van der Waals surface area contributed by atoms with E-state index in [1.165, 1.54) is 20.8 Å². The number of amides is 11. The first kappa shape index (κ1) is 70.9. The molecule has 30 heteroatoms. The van der Waals surface area contributed by atoms with Gasteiger partial charge in [0.05, 0.1) is 18.3 Å². The fourth-order valence-electron chi connectivity index (χ4n) is 8.17. The van der Waals surface area contributed by atoms with Gasteiger partial charge in [-0.2, -0.15) is 0 Å². The highest BCUT2D eigenvalue weighted by atomic mass is 16.3. The van der Waals surface area contributed by atoms with Crippen molar-refractivity contribution in [3.8, 4) is 0 Å². The Morgan fingerprint density at radius 2 is 0.987 bits per heavy atom. The average molecular weight is 1130 g/mol. The number of carbonyl (C=O) groups excluding carboxylic acids is 11. The van der Waals surface area contributed by atoms with Crippen LogP contribution in [0, 0.1) is 5.92 Å². The molecule has 1 rings (SSSR count). The highest BCUT2D eigenvalue weighted by Crippen LogP contribution is 2.11. The third kappa shape index (κ3) is 25.7. The van der Waals surface area contributed by atoms with Crippen LogP contribution in [0.25, 0.3) is 0 Å². The first-order valence-corrected chi connectivity index (χ1v) is 27.2. The van der Waals surface area contributed by atoms with E-state index in [-0.39, 0.29) is 83.6 Å². The Labute approximate surface area is 461 Å². The maximum Gasteiger partial charge on any atom is 0.245 e. The SMILES string of the molecule is CCCCCCC(=O)N[C@@H](CCN)C(=O)N[C@H](C(=O)N[C@H](CCN)C(=O)N[C@H]1CCNC(=O)[C@H]([C@@H](C)O)NC(=O)[C@H](CCN)NC(=O)[C@H](CCN)NC(=O)[C@H]([C@@H](C)O)NC(=O)[C@@H](CC(C)C)NC(=O)[C@H](CCN)NC1=O)[C@@H](C)O. The molecule has 1 aliphatic heterocycles. The Morgan fingerprint density at radius 1 is 0.532 bits per heavy atom. The molecular formula is C49H92N16O14. The second-order valence-electron chi connectivity index (χ2n) is 20.1. The number of carbonyl (C=O) groups is 11. The van der Waals surface area contributed by atoms with Gasteiger partial charge in [0.15, 0.2) is 0 Å². The van der Waals surface area contributed by atoms with Crippen molar-refractivity contribution < 1.29 is 68.1 Å². The van der Waals surface area contributed by atoms with Crippen molar-refractivity contribution in [2.45, 2.75) is 197 Å². The number of unbranched alkanes of at least 4 members (excludes halogenated alkanes) is 3. The molecule has 0 bridgehead atoms. The van der Waals surface area contributed by atoms with Crippen molar-refractivity contribution in [2.75, 3.05) is 39.3 Å². The second-order valence-corrected chi connectivity index (χ2v) is 20.1. The lowest BCUT2D eigenvalue weighted by atomic mass is 10.0. The Hall–Kier alpha value is -6.15. The van der Waals surface area contributed by atoms with Gasteiger partial charge in [-0.1, -0.05) is 40.0 Å². The van der Waals surface area contributed by atoms with Crippen LogP contribution in [-0.2, 0) is 52.7 Å². The van der Waals surface area contributed by atoms with Crippen LogP contribution >= 0.6 is 0 Å². The molecule has 1 heterocycles. The van der Waals surface area contributed by atoms with Gasteiger partial charge in [-0.05, 0) is 111 Å². The Morgan fingerprint density at radius 3 is 1.46 bits per heavy atom. The van der Waals surface area contributed by atoms with Crippen LogP contribution in [0.1, 0.15) is 119 Å². The van der Waals surface area contributed by atoms with Gasteiger partial charge in [0.1, 0.15) is 60.4 Å². The maximum absolute atomic E-state index is 14.3. The van der Waals surface area contributed by atoms with Crippen molar-refractivity contribution in [2.24, 2.45) is 34.6 Å². The molecule has 11 amide bonds. The molecule has 1 aliphatic rings. The van der Waals surface area contributed by atoms with Crippen molar-refractivity contribution in [1.82, 2.24) is 58.5 Å². The summed E-state index contributed by atoms with van der Waals surface area (Å²) in [5.74, 6) is -10.6. The summed E-state index contributed by atoms with van der Waals surface area (Å²) >= 11 is 0. The molecule has 79 heavy (non-hydrogen) atoms. The van der Waals surface area contributed by atoms with E-state index in [0.29, 0.717) is 6.42 Å². The van der Waals surface area contributed by atoms with Gasteiger partial charge in [0.25, 0.3) is 0 Å². The summed E-state index contributed by atoms with van der Waals surface area (Å²) in [5.41, 5.74) is 29.0. The molecule has 0 spiro atoms. The topological polar surface area (TPSA) is 511 Å². The number of rotatable bonds is 27. The minimum atomic E-state index is -1.73. The summed E-state index contributed by atoms with van der Waals surface area (Å²) in [6.07, 6.45) is -2.83. The van der Waals surface area contributed by atoms with E-state index < -0.39 is 157 Å². The van der Waals surface area contributed by atoms with Crippen LogP contribution in [0.3, 0.4) is 0 Å². The standard InChI is InChI=1S/C49H92N16O14/c1-7-8-9-10-11-36(69)56-29(12-18-50)44(74)64-38(27(5)67)48(78)61-32(15-21-53)41(71)59-34-17-23-55-47(77)37(26(4)66)63-45(75)33(16-22-54)58-40(70)31(14-20-52)60-49(79)39(28(6)68)65-46(76)35(24-25(2)3)62-42(72)30(13-19-51)57-43(34)73/h25-35,37-39,66-68H,7-24,50-54H2,1-6H3,(H,55,77)(H,56,69)(H,57,73)(H,58,70)(H,59,71)(H,60,79)(H,61,78)(H,62,72)(H,63,75)(H,64,74)(H,65,76)/t26-,27-,28-,29+,30+,31+,32-,33+,34+,35-,37+,38+,39+/m1/s1. The van der Waals surface area contributed by atoms with Crippen LogP contribution in [0.4, 0.5) is 0 Å². The molecule has 24 N–H and O–H groups in total. The van der Waals surface area contributed by atoms with Gasteiger partial charge in [-0.15, -0.1) is 0 Å². The van der Waals surface area contributed by atoms with Crippen LogP contribution in [0.5, 0.6) is 0 Å². The van der Waals surface area contributed by atoms with Crippen LogP contribution in [0.2, 0.25) is 0 Å². The zero-order chi connectivity index (χ0) is 59.9. The zero-order valence-corrected chi connectivity index (χ0v) is 46.5. The largest absolute Gasteiger partial charge is 0.391 e. The highest BCUT2D eigenvalue weighted by molar-refractivity contribution is 5.99. The van der Waals surface area contributed by atoms with Gasteiger partial charge in [-0.25, -0.2) is 0 Å². The van der Waals surface area contributed by atoms with Crippen molar-refractivity contribution >= 4 is 65.0 Å². The molecule has 0 radical (unpaired) electrons. The molecule has 452 valence electrons. The third-order valence-corrected chi connectivity index (χ3v) is 12.6. The summed E-state index contributed by atoms with van der Waals surface area (Å²) in [7, 11) is 0. The van der Waals surface area contributed by atoms with Crippen molar-refractivity contribution in [1.29, 1.82) is 0 Å². The van der Waals surface area contributed by atoms with E-state index in [9.17, 15) is 68.1 Å². The Balaban J connectivity index is 3.82. The van der Waals surface area contributed by atoms with E-state index >= 15 is 0 Å². The van der Waals surface area contributed by atoms with Crippen LogP contribution in [0.15, 0.2) is 0 Å². The molecular weight excluding hydrogens is 1040 g/mol. The van der Waals surface area contributed by atoms with Crippen LogP contribution in [-0.4, -0.2) is 198 Å². The lowest BCUT2D eigenvalue weighted by Gasteiger charge is -2.29. The minimum absolute atomic E-state index is 0.0194.